The van der Waals surface area contributed by atoms with Crippen molar-refractivity contribution in [2.24, 2.45) is 17.0 Å². The van der Waals surface area contributed by atoms with Crippen molar-refractivity contribution in [1.82, 2.24) is 10.6 Å². The molecule has 1 rings (SSSR count). The van der Waals surface area contributed by atoms with E-state index >= 15 is 0 Å². The van der Waals surface area contributed by atoms with E-state index in [4.69, 9.17) is 20.2 Å². The van der Waals surface area contributed by atoms with Gasteiger partial charge in [0.1, 0.15) is 12.6 Å². The fourth-order valence-electron chi connectivity index (χ4n) is 2.46. The van der Waals surface area contributed by atoms with Crippen LogP contribution in [0.1, 0.15) is 13.3 Å². The highest BCUT2D eigenvalue weighted by Gasteiger charge is 2.42. The number of hydrogen-bond donors (Lipinski definition) is 5. The van der Waals surface area contributed by atoms with Crippen molar-refractivity contribution in [3.8, 4) is 0 Å². The molecule has 0 aromatic rings. The summed E-state index contributed by atoms with van der Waals surface area (Å²) in [4.78, 5) is 48.5. The second-order valence-electron chi connectivity index (χ2n) is 5.27. The Hall–Kier alpha value is -2.69. The number of carboxylic acid groups (broad SMARTS) is 3. The number of hydrogen-bond acceptors (Lipinski definition) is 7. The number of nitrogens with one attached hydrogen (secondary N) is 2. The number of oxime groups is 1. The molecule has 1 amide bonds. The van der Waals surface area contributed by atoms with Crippen LogP contribution in [0.25, 0.3) is 0 Å². The number of carboxylic acids is 3. The van der Waals surface area contributed by atoms with E-state index in [-0.39, 0.29) is 13.0 Å². The zero-order chi connectivity index (χ0) is 18.3. The summed E-state index contributed by atoms with van der Waals surface area (Å²) in [5.41, 5.74) is 0.350. The zero-order valence-corrected chi connectivity index (χ0v) is 12.9. The number of nitrogens with zero attached hydrogens (tertiary/aromatic N) is 1. The normalized spacial score (nSPS) is 23.5. The maximum Gasteiger partial charge on any atom is 0.322 e. The van der Waals surface area contributed by atoms with Crippen LogP contribution < -0.4 is 10.6 Å². The van der Waals surface area contributed by atoms with Gasteiger partial charge in [0.2, 0.25) is 0 Å². The number of aliphatic carboxylic acids is 3. The average Bonchev–Trinajstić information content (AvgIpc) is 2.88. The number of carbonyl (C=O) groups excluding carboxylic acids is 1. The molecule has 11 heteroatoms. The van der Waals surface area contributed by atoms with Crippen LogP contribution >= 0.6 is 0 Å². The van der Waals surface area contributed by atoms with Gasteiger partial charge in [-0.1, -0.05) is 5.16 Å². The van der Waals surface area contributed by atoms with Gasteiger partial charge in [-0.2, -0.15) is 0 Å². The summed E-state index contributed by atoms with van der Waals surface area (Å²) in [6, 6.07) is -1.00. The third-order valence-corrected chi connectivity index (χ3v) is 3.56. The van der Waals surface area contributed by atoms with Crippen molar-refractivity contribution in [3.05, 3.63) is 0 Å². The van der Waals surface area contributed by atoms with Crippen LogP contribution in [0.4, 0.5) is 0 Å². The van der Waals surface area contributed by atoms with Crippen LogP contribution in [0.2, 0.25) is 0 Å². The van der Waals surface area contributed by atoms with Gasteiger partial charge in [-0.3, -0.25) is 19.2 Å². The predicted octanol–water partition coefficient (Wildman–Crippen LogP) is -1.66. The van der Waals surface area contributed by atoms with Crippen molar-refractivity contribution >= 4 is 29.5 Å². The van der Waals surface area contributed by atoms with Gasteiger partial charge in [0.25, 0.3) is 5.91 Å². The third kappa shape index (κ3) is 5.83. The first kappa shape index (κ1) is 19.4. The summed E-state index contributed by atoms with van der Waals surface area (Å²) in [5.74, 6) is -5.31. The Bertz CT molecular complexity index is 547. The van der Waals surface area contributed by atoms with Gasteiger partial charge in [-0.25, -0.2) is 0 Å². The first-order valence-electron chi connectivity index (χ1n) is 7.05. The van der Waals surface area contributed by atoms with E-state index in [9.17, 15) is 19.2 Å². The Kier molecular flexibility index (Phi) is 7.11. The Balaban J connectivity index is 2.62. The maximum atomic E-state index is 11.3. The summed E-state index contributed by atoms with van der Waals surface area (Å²) < 4.78 is 0. The summed E-state index contributed by atoms with van der Waals surface area (Å²) >= 11 is 0. The van der Waals surface area contributed by atoms with E-state index in [0.717, 1.165) is 0 Å². The molecule has 1 heterocycles. The standard InChI is InChI=1S/C13H19N3O8/c1-6(16-24-5-9(17)14-4-11(20)21)8-3-15-12(13(22)23)7(8)2-10(18)19/h7-8,12,15H,2-5H2,1H3,(H,14,17)(H,18,19)(H,20,21)(H,22,23)/b16-6+/t7-,8+,12-/m0/s1. The van der Waals surface area contributed by atoms with Gasteiger partial charge in [-0.05, 0) is 6.92 Å². The van der Waals surface area contributed by atoms with Crippen molar-refractivity contribution in [2.75, 3.05) is 19.7 Å². The molecule has 0 saturated carbocycles. The van der Waals surface area contributed by atoms with Gasteiger partial charge in [0.15, 0.2) is 6.61 Å². The Morgan fingerprint density at radius 3 is 2.42 bits per heavy atom. The summed E-state index contributed by atoms with van der Waals surface area (Å²) in [6.07, 6.45) is -0.347. The van der Waals surface area contributed by atoms with E-state index in [1.807, 2.05) is 0 Å². The zero-order valence-electron chi connectivity index (χ0n) is 12.9. The Morgan fingerprint density at radius 2 is 1.88 bits per heavy atom. The minimum absolute atomic E-state index is 0.221. The quantitative estimate of drug-likeness (QED) is 0.242. The molecule has 134 valence electrons. The van der Waals surface area contributed by atoms with Gasteiger partial charge >= 0.3 is 17.9 Å². The molecule has 3 atom stereocenters. The lowest BCUT2D eigenvalue weighted by molar-refractivity contribution is -0.142. The largest absolute Gasteiger partial charge is 0.481 e. The molecule has 0 aromatic heterocycles. The topological polar surface area (TPSA) is 175 Å². The average molecular weight is 345 g/mol. The molecule has 0 aromatic carbocycles. The Morgan fingerprint density at radius 1 is 1.21 bits per heavy atom. The molecule has 24 heavy (non-hydrogen) atoms. The molecule has 1 saturated heterocycles. The molecule has 1 aliphatic heterocycles. The van der Waals surface area contributed by atoms with Gasteiger partial charge in [0.05, 0.1) is 12.1 Å². The smallest absolute Gasteiger partial charge is 0.322 e. The first-order chi connectivity index (χ1) is 11.2. The summed E-state index contributed by atoms with van der Waals surface area (Å²) in [7, 11) is 0. The van der Waals surface area contributed by atoms with Crippen LogP contribution in [0.5, 0.6) is 0 Å². The van der Waals surface area contributed by atoms with E-state index in [1.54, 1.807) is 6.92 Å². The molecule has 5 N–H and O–H groups in total. The molecule has 0 aliphatic carbocycles. The number of amides is 1. The minimum atomic E-state index is -1.20. The van der Waals surface area contributed by atoms with Crippen molar-refractivity contribution in [3.63, 3.8) is 0 Å². The van der Waals surface area contributed by atoms with Crippen LogP contribution in [-0.2, 0) is 24.0 Å². The molecule has 0 spiro atoms. The first-order valence-corrected chi connectivity index (χ1v) is 7.05. The lowest BCUT2D eigenvalue weighted by Gasteiger charge is -2.19. The summed E-state index contributed by atoms with van der Waals surface area (Å²) in [5, 5.41) is 35.0. The lowest BCUT2D eigenvalue weighted by atomic mass is 9.85. The van der Waals surface area contributed by atoms with Crippen LogP contribution in [0, 0.1) is 11.8 Å². The maximum absolute atomic E-state index is 11.3. The fraction of sp³-hybridized carbons (Fsp3) is 0.615. The number of rotatable bonds is 9. The van der Waals surface area contributed by atoms with Crippen molar-refractivity contribution in [2.45, 2.75) is 19.4 Å². The highest BCUT2D eigenvalue weighted by molar-refractivity contribution is 5.88. The van der Waals surface area contributed by atoms with Crippen LogP contribution in [-0.4, -0.2) is 70.6 Å². The van der Waals surface area contributed by atoms with Crippen molar-refractivity contribution in [1.29, 1.82) is 0 Å². The van der Waals surface area contributed by atoms with Crippen LogP contribution in [0.3, 0.4) is 0 Å². The number of carbonyl (C=O) groups is 4. The van der Waals surface area contributed by atoms with Gasteiger partial charge < -0.3 is 30.8 Å². The third-order valence-electron chi connectivity index (χ3n) is 3.56. The van der Waals surface area contributed by atoms with Gasteiger partial charge in [-0.15, -0.1) is 0 Å². The highest BCUT2D eigenvalue weighted by atomic mass is 16.6. The van der Waals surface area contributed by atoms with Crippen LogP contribution in [0.15, 0.2) is 5.16 Å². The lowest BCUT2D eigenvalue weighted by Crippen LogP contribution is -2.37. The molecule has 1 aliphatic rings. The monoisotopic (exact) mass is 345 g/mol. The van der Waals surface area contributed by atoms with E-state index in [1.165, 1.54) is 0 Å². The predicted molar refractivity (Wildman–Crippen MR) is 78.4 cm³/mol. The van der Waals surface area contributed by atoms with E-state index < -0.39 is 54.8 Å². The van der Waals surface area contributed by atoms with Gasteiger partial charge in [0, 0.05) is 18.4 Å². The van der Waals surface area contributed by atoms with E-state index in [0.29, 0.717) is 5.71 Å². The highest BCUT2D eigenvalue weighted by Crippen LogP contribution is 2.27. The molecule has 0 bridgehead atoms. The second kappa shape index (κ2) is 8.82. The molecular weight excluding hydrogens is 326 g/mol. The van der Waals surface area contributed by atoms with Crippen molar-refractivity contribution < 1.29 is 39.3 Å². The van der Waals surface area contributed by atoms with E-state index in [2.05, 4.69) is 15.8 Å². The Labute approximate surface area is 136 Å². The molecular formula is C13H19N3O8. The summed E-state index contributed by atoms with van der Waals surface area (Å²) in [6.45, 7) is 0.717. The molecule has 11 nitrogen and oxygen atoms in total. The SMILES string of the molecule is C/C(=N\OCC(=O)NCC(=O)O)[C@H]1CN[C@H](C(=O)O)[C@H]1CC(=O)O. The second-order valence-corrected chi connectivity index (χ2v) is 5.27. The minimum Gasteiger partial charge on any atom is -0.481 e. The molecule has 1 fully saturated rings. The molecule has 0 unspecified atom stereocenters. The molecule has 0 radical (unpaired) electrons. The fourth-order valence-corrected chi connectivity index (χ4v) is 2.46.